The van der Waals surface area contributed by atoms with Crippen molar-refractivity contribution in [3.8, 4) is 5.75 Å². The molecule has 0 bridgehead atoms. The van der Waals surface area contributed by atoms with Gasteiger partial charge >= 0.3 is 18.1 Å². The summed E-state index contributed by atoms with van der Waals surface area (Å²) < 4.78 is 21.6. The molecular weight excluding hydrogens is 600 g/mol. The average Bonchev–Trinajstić information content (AvgIpc) is 3.00. The van der Waals surface area contributed by atoms with E-state index < -0.39 is 40.3 Å². The fourth-order valence-electron chi connectivity index (χ4n) is 5.57. The highest BCUT2D eigenvalue weighted by Crippen LogP contribution is 2.42. The van der Waals surface area contributed by atoms with Gasteiger partial charge in [-0.25, -0.2) is 4.79 Å². The second-order valence-electron chi connectivity index (χ2n) is 14.0. The van der Waals surface area contributed by atoms with E-state index in [9.17, 15) is 24.3 Å². The Kier molecular flexibility index (Phi) is 14.5. The van der Waals surface area contributed by atoms with Crippen molar-refractivity contribution in [1.82, 2.24) is 0 Å². The largest absolute Gasteiger partial charge is 0.508 e. The summed E-state index contributed by atoms with van der Waals surface area (Å²) in [6, 6.07) is 12.5. The van der Waals surface area contributed by atoms with Crippen molar-refractivity contribution in [1.29, 1.82) is 0 Å². The number of esters is 2. The van der Waals surface area contributed by atoms with Crippen molar-refractivity contribution in [2.45, 2.75) is 105 Å². The van der Waals surface area contributed by atoms with E-state index in [1.807, 2.05) is 60.6 Å². The second kappa shape index (κ2) is 17.3. The number of hydrogen-bond acceptors (Lipinski definition) is 9. The predicted molar refractivity (Wildman–Crippen MR) is 181 cm³/mol. The number of aromatic hydroxyl groups is 1. The summed E-state index contributed by atoms with van der Waals surface area (Å²) in [7, 11) is 0. The lowest BCUT2D eigenvalue weighted by atomic mass is 9.72. The van der Waals surface area contributed by atoms with E-state index in [1.165, 1.54) is 0 Å². The smallest absolute Gasteiger partial charge is 0.507 e. The van der Waals surface area contributed by atoms with Crippen LogP contribution in [0.2, 0.25) is 0 Å². The lowest BCUT2D eigenvalue weighted by Gasteiger charge is -2.33. The van der Waals surface area contributed by atoms with Gasteiger partial charge in [0.1, 0.15) is 5.75 Å². The van der Waals surface area contributed by atoms with Gasteiger partial charge in [0.05, 0.1) is 26.4 Å². The molecule has 0 saturated carbocycles. The number of hydrogen-bond donors (Lipinski definition) is 1. The fraction of sp³-hybridized carbons (Fsp3) is 0.579. The van der Waals surface area contributed by atoms with Crippen molar-refractivity contribution in [3.05, 3.63) is 64.7 Å². The SMILES string of the molecule is CCCOC(=O)OCC(Cc1cc(C(C)(C)C)c(O)c(C(C)(C)C)c1)CC(CCC(=O)c1ccccc1)(C(=O)OCC)C(=O)OCC. The van der Waals surface area contributed by atoms with Gasteiger partial charge in [0.15, 0.2) is 11.2 Å². The molecule has 0 aliphatic carbocycles. The van der Waals surface area contributed by atoms with Gasteiger partial charge in [0, 0.05) is 12.0 Å². The van der Waals surface area contributed by atoms with Crippen LogP contribution >= 0.6 is 0 Å². The Labute approximate surface area is 280 Å². The highest BCUT2D eigenvalue weighted by Gasteiger charge is 2.50. The first-order valence-electron chi connectivity index (χ1n) is 16.6. The number of phenolic OH excluding ortho intramolecular Hbond substituents is 1. The van der Waals surface area contributed by atoms with Crippen LogP contribution in [-0.4, -0.2) is 55.4 Å². The lowest BCUT2D eigenvalue weighted by Crippen LogP contribution is -2.45. The zero-order valence-corrected chi connectivity index (χ0v) is 29.7. The minimum absolute atomic E-state index is 0.0129. The van der Waals surface area contributed by atoms with Gasteiger partial charge in [-0.2, -0.15) is 0 Å². The maximum atomic E-state index is 13.8. The molecule has 47 heavy (non-hydrogen) atoms. The Balaban J connectivity index is 2.67. The van der Waals surface area contributed by atoms with E-state index in [2.05, 4.69) is 0 Å². The van der Waals surface area contributed by atoms with E-state index >= 15 is 0 Å². The van der Waals surface area contributed by atoms with Crippen molar-refractivity contribution in [3.63, 3.8) is 0 Å². The van der Waals surface area contributed by atoms with E-state index in [0.717, 1.165) is 16.7 Å². The molecule has 0 aliphatic heterocycles. The van der Waals surface area contributed by atoms with Gasteiger partial charge in [0.2, 0.25) is 0 Å². The first-order valence-corrected chi connectivity index (χ1v) is 16.6. The number of carbonyl (C=O) groups is 4. The molecule has 9 nitrogen and oxygen atoms in total. The Hall–Kier alpha value is -3.88. The van der Waals surface area contributed by atoms with Gasteiger partial charge in [-0.15, -0.1) is 0 Å². The minimum atomic E-state index is -1.85. The first-order chi connectivity index (χ1) is 22.0. The molecule has 9 heteroatoms. The second-order valence-corrected chi connectivity index (χ2v) is 14.0. The summed E-state index contributed by atoms with van der Waals surface area (Å²) in [5.74, 6) is -2.21. The zero-order chi connectivity index (χ0) is 35.4. The molecule has 0 saturated heterocycles. The molecule has 1 N–H and O–H groups in total. The van der Waals surface area contributed by atoms with Crippen LogP contribution in [0, 0.1) is 11.3 Å². The quantitative estimate of drug-likeness (QED) is 0.0833. The summed E-state index contributed by atoms with van der Waals surface area (Å²) in [6.45, 7) is 17.3. The normalized spacial score (nSPS) is 12.6. The number of carbonyl (C=O) groups excluding carboxylic acids is 4. The van der Waals surface area contributed by atoms with Crippen LogP contribution in [0.25, 0.3) is 0 Å². The lowest BCUT2D eigenvalue weighted by molar-refractivity contribution is -0.174. The number of benzene rings is 2. The van der Waals surface area contributed by atoms with Crippen LogP contribution in [0.3, 0.4) is 0 Å². The molecule has 0 heterocycles. The molecule has 2 aromatic rings. The standard InChI is InChI=1S/C38H54O9/c1-10-20-46-35(43)47-25-27(21-26-22-29(36(4,5)6)32(40)30(23-26)37(7,8)9)24-38(33(41)44-11-2,34(42)45-12-3)19-18-31(39)28-16-14-13-15-17-28/h13-17,22-23,27,40H,10-12,18-21,24-25H2,1-9H3. The maximum absolute atomic E-state index is 13.8. The molecule has 1 unspecified atom stereocenters. The summed E-state index contributed by atoms with van der Waals surface area (Å²) in [4.78, 5) is 53.3. The van der Waals surface area contributed by atoms with Crippen LogP contribution < -0.4 is 0 Å². The number of ketones is 1. The molecule has 2 aromatic carbocycles. The van der Waals surface area contributed by atoms with Crippen LogP contribution in [0.4, 0.5) is 4.79 Å². The van der Waals surface area contributed by atoms with Crippen molar-refractivity contribution >= 4 is 23.9 Å². The van der Waals surface area contributed by atoms with Crippen molar-refractivity contribution < 1.29 is 43.2 Å². The Morgan fingerprint density at radius 1 is 0.766 bits per heavy atom. The van der Waals surface area contributed by atoms with Gasteiger partial charge < -0.3 is 24.1 Å². The third kappa shape index (κ3) is 11.1. The highest BCUT2D eigenvalue weighted by molar-refractivity contribution is 6.02. The number of rotatable bonds is 16. The van der Waals surface area contributed by atoms with Gasteiger partial charge in [0.25, 0.3) is 0 Å². The van der Waals surface area contributed by atoms with Crippen LogP contribution in [0.5, 0.6) is 5.75 Å². The highest BCUT2D eigenvalue weighted by atomic mass is 16.7. The van der Waals surface area contributed by atoms with Gasteiger partial charge in [-0.1, -0.05) is 90.9 Å². The molecular formula is C38H54O9. The van der Waals surface area contributed by atoms with Gasteiger partial charge in [-0.3, -0.25) is 14.4 Å². The monoisotopic (exact) mass is 654 g/mol. The molecule has 260 valence electrons. The van der Waals surface area contributed by atoms with Crippen LogP contribution in [0.1, 0.15) is 115 Å². The maximum Gasteiger partial charge on any atom is 0.508 e. The van der Waals surface area contributed by atoms with E-state index in [0.29, 0.717) is 12.0 Å². The minimum Gasteiger partial charge on any atom is -0.507 e. The molecule has 0 radical (unpaired) electrons. The fourth-order valence-corrected chi connectivity index (χ4v) is 5.57. The Morgan fingerprint density at radius 3 is 1.77 bits per heavy atom. The van der Waals surface area contributed by atoms with Crippen LogP contribution in [-0.2, 0) is 45.8 Å². The number of Topliss-reactive ketones (excluding diaryl/α,β-unsaturated/α-hetero) is 1. The summed E-state index contributed by atoms with van der Waals surface area (Å²) in [6.07, 6.45) is -0.363. The number of ether oxygens (including phenoxy) is 4. The zero-order valence-electron chi connectivity index (χ0n) is 29.7. The summed E-state index contributed by atoms with van der Waals surface area (Å²) in [5, 5.41) is 11.3. The van der Waals surface area contributed by atoms with E-state index in [-0.39, 0.29) is 63.6 Å². The average molecular weight is 655 g/mol. The third-order valence-corrected chi connectivity index (χ3v) is 8.02. The Morgan fingerprint density at radius 2 is 1.30 bits per heavy atom. The molecule has 0 aromatic heterocycles. The topological polar surface area (TPSA) is 125 Å². The van der Waals surface area contributed by atoms with E-state index in [1.54, 1.807) is 44.2 Å². The molecule has 0 fully saturated rings. The molecule has 1 atom stereocenters. The van der Waals surface area contributed by atoms with Crippen molar-refractivity contribution in [2.75, 3.05) is 26.4 Å². The molecule has 0 aliphatic rings. The number of phenols is 1. The predicted octanol–water partition coefficient (Wildman–Crippen LogP) is 7.87. The molecule has 0 amide bonds. The third-order valence-electron chi connectivity index (χ3n) is 8.02. The molecule has 2 rings (SSSR count). The first kappa shape index (κ1) is 39.3. The summed E-state index contributed by atoms with van der Waals surface area (Å²) >= 11 is 0. The van der Waals surface area contributed by atoms with E-state index in [4.69, 9.17) is 18.9 Å². The van der Waals surface area contributed by atoms with Gasteiger partial charge in [-0.05, 0) is 73.0 Å². The van der Waals surface area contributed by atoms with Crippen LogP contribution in [0.15, 0.2) is 42.5 Å². The Bertz CT molecular complexity index is 1300. The summed E-state index contributed by atoms with van der Waals surface area (Å²) in [5.41, 5.74) is 0.140. The molecule has 0 spiro atoms. The van der Waals surface area contributed by atoms with Crippen molar-refractivity contribution in [2.24, 2.45) is 11.3 Å².